The lowest BCUT2D eigenvalue weighted by molar-refractivity contribution is 0.0697. The minimum absolute atomic E-state index is 0.267. The Morgan fingerprint density at radius 2 is 1.92 bits per heavy atom. The number of aromatic carboxylic acids is 1. The van der Waals surface area contributed by atoms with Crippen LogP contribution in [0.4, 0.5) is 4.39 Å². The highest BCUT2D eigenvalue weighted by Gasteiger charge is 2.23. The molecule has 0 bridgehead atoms. The number of nitrogens with zero attached hydrogens (tertiary/aromatic N) is 2. The first-order chi connectivity index (χ1) is 11.5. The maximum atomic E-state index is 13.3. The molecule has 0 amide bonds. The van der Waals surface area contributed by atoms with Crippen molar-refractivity contribution in [1.29, 1.82) is 0 Å². The third-order valence-corrected chi connectivity index (χ3v) is 4.67. The van der Waals surface area contributed by atoms with Crippen molar-refractivity contribution >= 4 is 16.9 Å². The fraction of sp³-hybridized carbons (Fsp3) is 0.211. The summed E-state index contributed by atoms with van der Waals surface area (Å²) in [6, 6.07) is 11.6. The van der Waals surface area contributed by atoms with Gasteiger partial charge in [-0.05, 0) is 55.1 Å². The highest BCUT2D eigenvalue weighted by Crippen LogP contribution is 2.33. The summed E-state index contributed by atoms with van der Waals surface area (Å²) in [5, 5.41) is 10.3. The Morgan fingerprint density at radius 1 is 1.17 bits per heavy atom. The lowest BCUT2D eigenvalue weighted by atomic mass is 10.0. The molecule has 1 N–H and O–H groups in total. The second-order valence-corrected chi connectivity index (χ2v) is 6.26. The molecule has 4 rings (SSSR count). The molecule has 1 aromatic heterocycles. The van der Waals surface area contributed by atoms with Crippen LogP contribution in [0.25, 0.3) is 16.6 Å². The minimum atomic E-state index is -0.927. The Kier molecular flexibility index (Phi) is 3.39. The maximum Gasteiger partial charge on any atom is 0.335 e. The molecule has 0 saturated carbocycles. The Hall–Kier alpha value is -2.66. The van der Waals surface area contributed by atoms with E-state index in [2.05, 4.69) is 16.5 Å². The number of aromatic nitrogens is 1. The minimum Gasteiger partial charge on any atom is -0.478 e. The summed E-state index contributed by atoms with van der Waals surface area (Å²) in [6.07, 6.45) is 0.875. The molecule has 3 aromatic rings. The highest BCUT2D eigenvalue weighted by molar-refractivity contribution is 5.96. The fourth-order valence-corrected chi connectivity index (χ4v) is 3.51. The van der Waals surface area contributed by atoms with Crippen LogP contribution in [0.3, 0.4) is 0 Å². The van der Waals surface area contributed by atoms with Gasteiger partial charge < -0.3 is 14.6 Å². The van der Waals surface area contributed by atoms with E-state index >= 15 is 0 Å². The Balaban J connectivity index is 2.02. The van der Waals surface area contributed by atoms with Gasteiger partial charge in [0.2, 0.25) is 0 Å². The monoisotopic (exact) mass is 324 g/mol. The first kappa shape index (κ1) is 14.9. The molecule has 0 aliphatic carbocycles. The second kappa shape index (κ2) is 5.46. The van der Waals surface area contributed by atoms with Crippen molar-refractivity contribution in [3.05, 3.63) is 65.1 Å². The van der Waals surface area contributed by atoms with Gasteiger partial charge >= 0.3 is 5.97 Å². The molecule has 1 aliphatic heterocycles. The number of carboxylic acid groups (broad SMARTS) is 1. The van der Waals surface area contributed by atoms with Gasteiger partial charge in [0.15, 0.2) is 0 Å². The number of benzene rings is 2. The number of rotatable bonds is 2. The van der Waals surface area contributed by atoms with Crippen LogP contribution in [0, 0.1) is 5.82 Å². The van der Waals surface area contributed by atoms with Crippen LogP contribution in [-0.2, 0) is 13.0 Å². The first-order valence-electron chi connectivity index (χ1n) is 7.88. The molecular formula is C19H17FN2O2. The molecule has 1 aliphatic rings. The molecule has 0 spiro atoms. The van der Waals surface area contributed by atoms with Crippen LogP contribution in [0.5, 0.6) is 0 Å². The van der Waals surface area contributed by atoms with Gasteiger partial charge in [-0.15, -0.1) is 0 Å². The number of carbonyl (C=O) groups is 1. The summed E-state index contributed by atoms with van der Waals surface area (Å²) in [5.74, 6) is -1.19. The van der Waals surface area contributed by atoms with Gasteiger partial charge in [-0.2, -0.15) is 0 Å². The van der Waals surface area contributed by atoms with Crippen LogP contribution >= 0.6 is 0 Å². The van der Waals surface area contributed by atoms with Crippen molar-refractivity contribution in [2.45, 2.75) is 13.0 Å². The van der Waals surface area contributed by atoms with Crippen LogP contribution in [0.1, 0.15) is 21.6 Å². The Labute approximate surface area is 138 Å². The third-order valence-electron chi connectivity index (χ3n) is 4.67. The summed E-state index contributed by atoms with van der Waals surface area (Å²) in [7, 11) is 2.06. The summed E-state index contributed by atoms with van der Waals surface area (Å²) in [5.41, 5.74) is 4.49. The van der Waals surface area contributed by atoms with Gasteiger partial charge in [-0.25, -0.2) is 9.18 Å². The van der Waals surface area contributed by atoms with E-state index in [1.54, 1.807) is 24.3 Å². The van der Waals surface area contributed by atoms with E-state index in [1.807, 2.05) is 6.07 Å². The zero-order chi connectivity index (χ0) is 16.8. The zero-order valence-electron chi connectivity index (χ0n) is 13.3. The second-order valence-electron chi connectivity index (χ2n) is 6.26. The quantitative estimate of drug-likeness (QED) is 0.785. The standard InChI is InChI=1S/C19H17FN2O2/c1-21-9-8-18-16(11-21)15-10-12(19(23)24)2-7-17(15)22(18)14-5-3-13(20)4-6-14/h2-7,10H,8-9,11H2,1H3,(H,23,24). The number of likely N-dealkylation sites (N-methyl/N-ethyl adjacent to an activating group) is 1. The summed E-state index contributed by atoms with van der Waals surface area (Å²) >= 11 is 0. The molecule has 5 heteroatoms. The first-order valence-corrected chi connectivity index (χ1v) is 7.88. The number of fused-ring (bicyclic) bond motifs is 3. The average Bonchev–Trinajstić information content (AvgIpc) is 2.88. The molecule has 0 fully saturated rings. The van der Waals surface area contributed by atoms with Gasteiger partial charge in [0.1, 0.15) is 5.82 Å². The molecule has 4 nitrogen and oxygen atoms in total. The molecule has 0 unspecified atom stereocenters. The lowest BCUT2D eigenvalue weighted by Gasteiger charge is -2.24. The molecule has 24 heavy (non-hydrogen) atoms. The number of halogens is 1. The Morgan fingerprint density at radius 3 is 2.62 bits per heavy atom. The van der Waals surface area contributed by atoms with Crippen LogP contribution in [-0.4, -0.2) is 34.1 Å². The SMILES string of the molecule is CN1CCc2c(c3cc(C(=O)O)ccc3n2-c2ccc(F)cc2)C1. The largest absolute Gasteiger partial charge is 0.478 e. The van der Waals surface area contributed by atoms with Crippen LogP contribution in [0.15, 0.2) is 42.5 Å². The normalized spacial score (nSPS) is 14.8. The molecule has 0 atom stereocenters. The van der Waals surface area contributed by atoms with E-state index < -0.39 is 5.97 Å². The molecule has 0 saturated heterocycles. The number of hydrogen-bond acceptors (Lipinski definition) is 2. The van der Waals surface area contributed by atoms with Crippen molar-refractivity contribution in [3.8, 4) is 5.69 Å². The Bertz CT molecular complexity index is 944. The van der Waals surface area contributed by atoms with Gasteiger partial charge in [-0.1, -0.05) is 0 Å². The number of hydrogen-bond donors (Lipinski definition) is 1. The predicted octanol–water partition coefficient (Wildman–Crippen LogP) is 3.46. The predicted molar refractivity (Wildman–Crippen MR) is 90.2 cm³/mol. The van der Waals surface area contributed by atoms with Crippen LogP contribution < -0.4 is 0 Å². The van der Waals surface area contributed by atoms with Crippen molar-refractivity contribution < 1.29 is 14.3 Å². The van der Waals surface area contributed by atoms with Gasteiger partial charge in [0, 0.05) is 36.3 Å². The van der Waals surface area contributed by atoms with Gasteiger partial charge in [0.05, 0.1) is 11.1 Å². The summed E-state index contributed by atoms with van der Waals surface area (Å²) in [6.45, 7) is 1.72. The highest BCUT2D eigenvalue weighted by atomic mass is 19.1. The van der Waals surface area contributed by atoms with Crippen molar-refractivity contribution in [2.24, 2.45) is 0 Å². The lowest BCUT2D eigenvalue weighted by Crippen LogP contribution is -2.27. The fourth-order valence-electron chi connectivity index (χ4n) is 3.51. The van der Waals surface area contributed by atoms with Crippen molar-refractivity contribution in [3.63, 3.8) is 0 Å². The van der Waals surface area contributed by atoms with E-state index in [-0.39, 0.29) is 11.4 Å². The third kappa shape index (κ3) is 2.29. The number of carboxylic acids is 1. The molecular weight excluding hydrogens is 307 g/mol. The van der Waals surface area contributed by atoms with Crippen molar-refractivity contribution in [2.75, 3.05) is 13.6 Å². The molecule has 2 heterocycles. The van der Waals surface area contributed by atoms with Crippen molar-refractivity contribution in [1.82, 2.24) is 9.47 Å². The van der Waals surface area contributed by atoms with Crippen LogP contribution in [0.2, 0.25) is 0 Å². The molecule has 122 valence electrons. The van der Waals surface area contributed by atoms with Gasteiger partial charge in [0.25, 0.3) is 0 Å². The van der Waals surface area contributed by atoms with E-state index in [0.29, 0.717) is 0 Å². The van der Waals surface area contributed by atoms with E-state index in [9.17, 15) is 14.3 Å². The smallest absolute Gasteiger partial charge is 0.335 e. The summed E-state index contributed by atoms with van der Waals surface area (Å²) < 4.78 is 15.4. The van der Waals surface area contributed by atoms with E-state index in [1.165, 1.54) is 17.8 Å². The topological polar surface area (TPSA) is 45.5 Å². The maximum absolute atomic E-state index is 13.3. The molecule has 2 aromatic carbocycles. The van der Waals surface area contributed by atoms with E-state index in [4.69, 9.17) is 0 Å². The summed E-state index contributed by atoms with van der Waals surface area (Å²) in [4.78, 5) is 13.6. The molecule has 0 radical (unpaired) electrons. The zero-order valence-corrected chi connectivity index (χ0v) is 13.3. The van der Waals surface area contributed by atoms with Gasteiger partial charge in [-0.3, -0.25) is 0 Å². The van der Waals surface area contributed by atoms with E-state index in [0.717, 1.165) is 41.7 Å². The average molecular weight is 324 g/mol.